The summed E-state index contributed by atoms with van der Waals surface area (Å²) in [5.74, 6) is 1.54. The van der Waals surface area contributed by atoms with Crippen LogP contribution in [0, 0.1) is 5.92 Å². The highest BCUT2D eigenvalue weighted by Gasteiger charge is 2.34. The fourth-order valence-corrected chi connectivity index (χ4v) is 3.37. The normalized spacial score (nSPS) is 15.7. The van der Waals surface area contributed by atoms with Crippen LogP contribution in [0.1, 0.15) is 31.0 Å². The van der Waals surface area contributed by atoms with Crippen molar-refractivity contribution in [1.29, 1.82) is 0 Å². The predicted molar refractivity (Wildman–Crippen MR) is 120 cm³/mol. The summed E-state index contributed by atoms with van der Waals surface area (Å²) >= 11 is 0. The van der Waals surface area contributed by atoms with Gasteiger partial charge in [-0.05, 0) is 53.4 Å². The molecule has 8 nitrogen and oxygen atoms in total. The molecule has 170 valence electrons. The van der Waals surface area contributed by atoms with E-state index < -0.39 is 18.0 Å². The van der Waals surface area contributed by atoms with Crippen LogP contribution in [0.3, 0.4) is 0 Å². The van der Waals surface area contributed by atoms with Crippen molar-refractivity contribution in [2.45, 2.75) is 19.9 Å². The molecule has 0 bridgehead atoms. The molecule has 1 unspecified atom stereocenters. The third kappa shape index (κ3) is 4.96. The third-order valence-electron chi connectivity index (χ3n) is 4.95. The molecule has 3 rings (SSSR count). The molecule has 0 fully saturated rings. The van der Waals surface area contributed by atoms with E-state index in [9.17, 15) is 9.59 Å². The summed E-state index contributed by atoms with van der Waals surface area (Å²) in [6.07, 6.45) is 0. The Hall–Kier alpha value is -3.68. The average Bonchev–Trinajstić information content (AvgIpc) is 2.81. The molecule has 0 aliphatic carbocycles. The second-order valence-corrected chi connectivity index (χ2v) is 7.66. The maximum atomic E-state index is 12.8. The zero-order valence-corrected chi connectivity index (χ0v) is 18.9. The van der Waals surface area contributed by atoms with Crippen molar-refractivity contribution < 1.29 is 28.5 Å². The number of hydrogen-bond acceptors (Lipinski definition) is 6. The van der Waals surface area contributed by atoms with Crippen LogP contribution < -0.4 is 24.8 Å². The molecule has 1 heterocycles. The predicted octanol–water partition coefficient (Wildman–Crippen LogP) is 3.68. The summed E-state index contributed by atoms with van der Waals surface area (Å²) in [7, 11) is 4.42. The van der Waals surface area contributed by atoms with Gasteiger partial charge >= 0.3 is 12.0 Å². The molecule has 2 aromatic rings. The molecule has 0 radical (unpaired) electrons. The van der Waals surface area contributed by atoms with Crippen LogP contribution in [0.2, 0.25) is 0 Å². The first-order chi connectivity index (χ1) is 15.4. The number of methoxy groups -OCH3 is 3. The van der Waals surface area contributed by atoms with E-state index in [1.54, 1.807) is 56.7 Å². The zero-order valence-electron chi connectivity index (χ0n) is 18.9. The SMILES string of the molecule is COC(=O)C1=C(c2ccc(OC)cc2)NC(=O)NC1c1ccc(OCC(C)C)c(OC)c1. The van der Waals surface area contributed by atoms with Gasteiger partial charge in [-0.1, -0.05) is 19.9 Å². The first-order valence-corrected chi connectivity index (χ1v) is 10.2. The Labute approximate surface area is 187 Å². The summed E-state index contributed by atoms with van der Waals surface area (Å²) in [6, 6.07) is 11.2. The van der Waals surface area contributed by atoms with Crippen molar-refractivity contribution in [3.05, 3.63) is 59.2 Å². The number of carbonyl (C=O) groups is 2. The Morgan fingerprint density at radius 2 is 1.72 bits per heavy atom. The van der Waals surface area contributed by atoms with E-state index in [1.807, 2.05) is 0 Å². The number of urea groups is 1. The lowest BCUT2D eigenvalue weighted by Crippen LogP contribution is -2.45. The van der Waals surface area contributed by atoms with Crippen LogP contribution in [-0.4, -0.2) is 39.9 Å². The molecule has 1 atom stereocenters. The number of rotatable bonds is 8. The van der Waals surface area contributed by atoms with Crippen molar-refractivity contribution >= 4 is 17.7 Å². The maximum Gasteiger partial charge on any atom is 0.338 e. The molecule has 1 aliphatic rings. The Morgan fingerprint density at radius 1 is 1.00 bits per heavy atom. The van der Waals surface area contributed by atoms with Gasteiger partial charge in [-0.25, -0.2) is 9.59 Å². The molecule has 2 aromatic carbocycles. The number of carbonyl (C=O) groups excluding carboxylic acids is 2. The van der Waals surface area contributed by atoms with Gasteiger partial charge in [-0.15, -0.1) is 0 Å². The lowest BCUT2D eigenvalue weighted by Gasteiger charge is -2.29. The van der Waals surface area contributed by atoms with Gasteiger partial charge < -0.3 is 29.6 Å². The van der Waals surface area contributed by atoms with Crippen LogP contribution in [-0.2, 0) is 9.53 Å². The summed E-state index contributed by atoms with van der Waals surface area (Å²) in [5.41, 5.74) is 1.94. The lowest BCUT2D eigenvalue weighted by atomic mass is 9.92. The van der Waals surface area contributed by atoms with E-state index in [2.05, 4.69) is 24.5 Å². The standard InChI is InChI=1S/C24H28N2O6/c1-14(2)13-32-18-11-8-16(12-19(18)30-4)22-20(23(27)31-5)21(25-24(28)26-22)15-6-9-17(29-3)10-7-15/h6-12,14,22H,13H2,1-5H3,(H2,25,26,28). The second kappa shape index (κ2) is 10.1. The number of hydrogen-bond donors (Lipinski definition) is 2. The summed E-state index contributed by atoms with van der Waals surface area (Å²) in [6.45, 7) is 4.65. The molecule has 1 aliphatic heterocycles. The Kier molecular flexibility index (Phi) is 7.25. The van der Waals surface area contributed by atoms with Gasteiger partial charge in [0.2, 0.25) is 0 Å². The van der Waals surface area contributed by atoms with Gasteiger partial charge in [0.15, 0.2) is 11.5 Å². The lowest BCUT2D eigenvalue weighted by molar-refractivity contribution is -0.136. The molecule has 2 N–H and O–H groups in total. The largest absolute Gasteiger partial charge is 0.497 e. The highest BCUT2D eigenvalue weighted by Crippen LogP contribution is 2.36. The smallest absolute Gasteiger partial charge is 0.338 e. The minimum absolute atomic E-state index is 0.273. The molecule has 8 heteroatoms. The van der Waals surface area contributed by atoms with Gasteiger partial charge in [0.1, 0.15) is 5.75 Å². The van der Waals surface area contributed by atoms with E-state index >= 15 is 0 Å². The van der Waals surface area contributed by atoms with Gasteiger partial charge in [-0.2, -0.15) is 0 Å². The molecular weight excluding hydrogens is 412 g/mol. The van der Waals surface area contributed by atoms with E-state index in [4.69, 9.17) is 18.9 Å². The fourth-order valence-electron chi connectivity index (χ4n) is 3.37. The van der Waals surface area contributed by atoms with Crippen molar-refractivity contribution in [3.63, 3.8) is 0 Å². The van der Waals surface area contributed by atoms with E-state index in [-0.39, 0.29) is 5.57 Å². The van der Waals surface area contributed by atoms with Crippen molar-refractivity contribution in [3.8, 4) is 17.2 Å². The first kappa shape index (κ1) is 23.0. The highest BCUT2D eigenvalue weighted by molar-refractivity contribution is 6.04. The van der Waals surface area contributed by atoms with Gasteiger partial charge in [-0.3, -0.25) is 0 Å². The Balaban J connectivity index is 2.08. The van der Waals surface area contributed by atoms with Crippen LogP contribution in [0.4, 0.5) is 4.79 Å². The van der Waals surface area contributed by atoms with Crippen LogP contribution in [0.15, 0.2) is 48.0 Å². The van der Waals surface area contributed by atoms with Crippen LogP contribution >= 0.6 is 0 Å². The number of amides is 2. The number of nitrogens with one attached hydrogen (secondary N) is 2. The maximum absolute atomic E-state index is 12.8. The van der Waals surface area contributed by atoms with E-state index in [0.717, 1.165) is 0 Å². The Bertz CT molecular complexity index is 1010. The topological polar surface area (TPSA) is 95.1 Å². The van der Waals surface area contributed by atoms with Crippen LogP contribution in [0.5, 0.6) is 17.2 Å². The summed E-state index contributed by atoms with van der Waals surface area (Å²) < 4.78 is 21.6. The number of ether oxygens (including phenoxy) is 4. The molecule has 0 saturated carbocycles. The number of benzene rings is 2. The molecule has 0 spiro atoms. The van der Waals surface area contributed by atoms with Crippen molar-refractivity contribution in [2.75, 3.05) is 27.9 Å². The molecular formula is C24H28N2O6. The summed E-state index contributed by atoms with van der Waals surface area (Å²) in [5, 5.41) is 5.55. The molecule has 0 aromatic heterocycles. The minimum Gasteiger partial charge on any atom is -0.497 e. The molecule has 2 amide bonds. The minimum atomic E-state index is -0.749. The summed E-state index contributed by atoms with van der Waals surface area (Å²) in [4.78, 5) is 25.3. The van der Waals surface area contributed by atoms with Crippen LogP contribution in [0.25, 0.3) is 5.70 Å². The zero-order chi connectivity index (χ0) is 23.3. The van der Waals surface area contributed by atoms with Gasteiger partial charge in [0.05, 0.1) is 45.2 Å². The fraction of sp³-hybridized carbons (Fsp3) is 0.333. The van der Waals surface area contributed by atoms with Gasteiger partial charge in [0, 0.05) is 0 Å². The van der Waals surface area contributed by atoms with Gasteiger partial charge in [0.25, 0.3) is 0 Å². The first-order valence-electron chi connectivity index (χ1n) is 10.2. The molecule has 32 heavy (non-hydrogen) atoms. The third-order valence-corrected chi connectivity index (χ3v) is 4.95. The van der Waals surface area contributed by atoms with E-state index in [1.165, 1.54) is 7.11 Å². The quantitative estimate of drug-likeness (QED) is 0.608. The highest BCUT2D eigenvalue weighted by atomic mass is 16.5. The average molecular weight is 440 g/mol. The number of esters is 1. The van der Waals surface area contributed by atoms with Crippen molar-refractivity contribution in [2.24, 2.45) is 5.92 Å². The monoisotopic (exact) mass is 440 g/mol. The second-order valence-electron chi connectivity index (χ2n) is 7.66. The molecule has 0 saturated heterocycles. The Morgan fingerprint density at radius 3 is 2.31 bits per heavy atom. The van der Waals surface area contributed by atoms with Crippen molar-refractivity contribution in [1.82, 2.24) is 10.6 Å². The van der Waals surface area contributed by atoms with E-state index in [0.29, 0.717) is 46.6 Å².